The Labute approximate surface area is 164 Å². The van der Waals surface area contributed by atoms with Gasteiger partial charge in [-0.1, -0.05) is 11.6 Å². The molecule has 0 radical (unpaired) electrons. The molecule has 0 saturated heterocycles. The maximum Gasteiger partial charge on any atom is 0.219 e. The van der Waals surface area contributed by atoms with E-state index in [9.17, 15) is 13.6 Å². The third-order valence-electron chi connectivity index (χ3n) is 3.81. The first-order valence-corrected chi connectivity index (χ1v) is 8.36. The van der Waals surface area contributed by atoms with Crippen LogP contribution in [-0.4, -0.2) is 25.0 Å². The number of nitrogens with zero attached hydrogens (tertiary/aromatic N) is 1. The lowest BCUT2D eigenvalue weighted by Crippen LogP contribution is -2.03. The number of ether oxygens (including phenoxy) is 3. The lowest BCUT2D eigenvalue weighted by molar-refractivity contribution is 0.103. The summed E-state index contributed by atoms with van der Waals surface area (Å²) in [5.74, 6) is -2.04. The predicted octanol–water partition coefficient (Wildman–Crippen LogP) is 5.05. The summed E-state index contributed by atoms with van der Waals surface area (Å²) in [6, 6.07) is 9.37. The van der Waals surface area contributed by atoms with E-state index in [2.05, 4.69) is 4.98 Å². The summed E-state index contributed by atoms with van der Waals surface area (Å²) in [5.41, 5.74) is 0.625. The summed E-state index contributed by atoms with van der Waals surface area (Å²) in [5, 5.41) is -0.0915. The molecule has 0 aliphatic carbocycles. The van der Waals surface area contributed by atoms with Gasteiger partial charge in [-0.3, -0.25) is 4.79 Å². The Hall–Kier alpha value is -3.19. The van der Waals surface area contributed by atoms with Gasteiger partial charge >= 0.3 is 0 Å². The first kappa shape index (κ1) is 19.6. The Morgan fingerprint density at radius 1 is 0.929 bits per heavy atom. The molecule has 3 rings (SSSR count). The molecule has 144 valence electrons. The number of halogens is 3. The Morgan fingerprint density at radius 2 is 1.57 bits per heavy atom. The molecule has 1 aromatic heterocycles. The number of pyridine rings is 1. The zero-order chi connectivity index (χ0) is 20.3. The minimum absolute atomic E-state index is 0.0796. The Balaban J connectivity index is 1.82. The molecular weight excluding hydrogens is 392 g/mol. The predicted molar refractivity (Wildman–Crippen MR) is 98.7 cm³/mol. The van der Waals surface area contributed by atoms with Crippen LogP contribution in [0.4, 0.5) is 8.78 Å². The first-order valence-electron chi connectivity index (χ1n) is 7.98. The standard InChI is InChI=1S/C20H14ClF2NO4/c1-26-16-5-3-11(7-17(16)27-2)19(25)12-4-6-18(24-10-12)28-20-14(22)8-13(21)9-15(20)23/h3-10H,1-2H3. The van der Waals surface area contributed by atoms with E-state index >= 15 is 0 Å². The average Bonchev–Trinajstić information content (AvgIpc) is 2.70. The number of hydrogen-bond donors (Lipinski definition) is 0. The van der Waals surface area contributed by atoms with Gasteiger partial charge in [-0.25, -0.2) is 13.8 Å². The number of methoxy groups -OCH3 is 2. The zero-order valence-corrected chi connectivity index (χ0v) is 15.6. The second-order valence-electron chi connectivity index (χ2n) is 5.58. The van der Waals surface area contributed by atoms with E-state index in [1.54, 1.807) is 18.2 Å². The largest absolute Gasteiger partial charge is 0.493 e. The van der Waals surface area contributed by atoms with Gasteiger partial charge in [0.1, 0.15) is 0 Å². The van der Waals surface area contributed by atoms with Gasteiger partial charge in [0.2, 0.25) is 11.6 Å². The van der Waals surface area contributed by atoms with Crippen LogP contribution in [0.25, 0.3) is 0 Å². The molecule has 0 atom stereocenters. The molecule has 28 heavy (non-hydrogen) atoms. The van der Waals surface area contributed by atoms with Crippen LogP contribution in [-0.2, 0) is 0 Å². The van der Waals surface area contributed by atoms with E-state index in [0.717, 1.165) is 12.1 Å². The summed E-state index contributed by atoms with van der Waals surface area (Å²) in [6.45, 7) is 0. The van der Waals surface area contributed by atoms with Gasteiger partial charge in [0.05, 0.1) is 14.2 Å². The Kier molecular flexibility index (Phi) is 5.75. The SMILES string of the molecule is COc1ccc(C(=O)c2ccc(Oc3c(F)cc(Cl)cc3F)nc2)cc1OC. The molecule has 5 nitrogen and oxygen atoms in total. The second-order valence-corrected chi connectivity index (χ2v) is 6.02. The molecular formula is C20H14ClF2NO4. The fraction of sp³-hybridized carbons (Fsp3) is 0.100. The number of rotatable bonds is 6. The van der Waals surface area contributed by atoms with Gasteiger partial charge in [-0.15, -0.1) is 0 Å². The van der Waals surface area contributed by atoms with Gasteiger partial charge in [0.15, 0.2) is 28.9 Å². The molecule has 0 bridgehead atoms. The quantitative estimate of drug-likeness (QED) is 0.537. The van der Waals surface area contributed by atoms with Gasteiger partial charge in [-0.2, -0.15) is 0 Å². The third-order valence-corrected chi connectivity index (χ3v) is 4.03. The highest BCUT2D eigenvalue weighted by molar-refractivity contribution is 6.30. The number of benzene rings is 2. The van der Waals surface area contributed by atoms with E-state index < -0.39 is 17.4 Å². The average molecular weight is 406 g/mol. The summed E-state index contributed by atoms with van der Waals surface area (Å²) in [4.78, 5) is 16.6. The van der Waals surface area contributed by atoms with E-state index in [0.29, 0.717) is 17.1 Å². The normalized spacial score (nSPS) is 10.5. The van der Waals surface area contributed by atoms with Gasteiger partial charge in [0.25, 0.3) is 0 Å². The molecule has 8 heteroatoms. The second kappa shape index (κ2) is 8.22. The number of aromatic nitrogens is 1. The third kappa shape index (κ3) is 4.04. The molecule has 0 spiro atoms. The monoisotopic (exact) mass is 405 g/mol. The van der Waals surface area contributed by atoms with E-state index in [-0.39, 0.29) is 22.2 Å². The van der Waals surface area contributed by atoms with Crippen LogP contribution in [0.3, 0.4) is 0 Å². The number of carbonyl (C=O) groups is 1. The highest BCUT2D eigenvalue weighted by Crippen LogP contribution is 2.30. The minimum Gasteiger partial charge on any atom is -0.493 e. The van der Waals surface area contributed by atoms with Crippen molar-refractivity contribution in [2.24, 2.45) is 0 Å². The van der Waals surface area contributed by atoms with Crippen LogP contribution in [0.2, 0.25) is 5.02 Å². The first-order chi connectivity index (χ1) is 13.4. The molecule has 0 amide bonds. The summed E-state index contributed by atoms with van der Waals surface area (Å²) >= 11 is 5.57. The summed E-state index contributed by atoms with van der Waals surface area (Å²) in [7, 11) is 2.96. The van der Waals surface area contributed by atoms with Crippen LogP contribution in [0, 0.1) is 11.6 Å². The van der Waals surface area contributed by atoms with Crippen LogP contribution in [0.1, 0.15) is 15.9 Å². The molecule has 0 unspecified atom stereocenters. The molecule has 0 aliphatic rings. The van der Waals surface area contributed by atoms with Gasteiger partial charge < -0.3 is 14.2 Å². The molecule has 1 heterocycles. The van der Waals surface area contributed by atoms with E-state index in [1.165, 1.54) is 32.5 Å². The number of carbonyl (C=O) groups excluding carboxylic acids is 1. The van der Waals surface area contributed by atoms with Crippen molar-refractivity contribution in [1.29, 1.82) is 0 Å². The molecule has 0 N–H and O–H groups in total. The molecule has 0 fully saturated rings. The van der Waals surface area contributed by atoms with Crippen molar-refractivity contribution in [3.8, 4) is 23.1 Å². The van der Waals surface area contributed by atoms with Crippen molar-refractivity contribution in [2.45, 2.75) is 0 Å². The minimum atomic E-state index is -0.961. The van der Waals surface area contributed by atoms with Crippen LogP contribution in [0.15, 0.2) is 48.7 Å². The van der Waals surface area contributed by atoms with E-state index in [4.69, 9.17) is 25.8 Å². The zero-order valence-electron chi connectivity index (χ0n) is 14.8. The fourth-order valence-electron chi connectivity index (χ4n) is 2.45. The highest BCUT2D eigenvalue weighted by atomic mass is 35.5. The topological polar surface area (TPSA) is 57.7 Å². The molecule has 0 saturated carbocycles. The van der Waals surface area contributed by atoms with Crippen LogP contribution < -0.4 is 14.2 Å². The van der Waals surface area contributed by atoms with Crippen molar-refractivity contribution in [3.05, 3.63) is 76.4 Å². The van der Waals surface area contributed by atoms with Crippen molar-refractivity contribution in [2.75, 3.05) is 14.2 Å². The molecule has 3 aromatic rings. The van der Waals surface area contributed by atoms with Crippen molar-refractivity contribution < 1.29 is 27.8 Å². The van der Waals surface area contributed by atoms with Gasteiger partial charge in [0, 0.05) is 28.4 Å². The summed E-state index contributed by atoms with van der Waals surface area (Å²) in [6.07, 6.45) is 1.25. The highest BCUT2D eigenvalue weighted by Gasteiger charge is 2.16. The lowest BCUT2D eigenvalue weighted by atomic mass is 10.0. The molecule has 2 aromatic carbocycles. The maximum absolute atomic E-state index is 13.8. The Bertz CT molecular complexity index is 1000. The van der Waals surface area contributed by atoms with E-state index in [1.807, 2.05) is 0 Å². The number of hydrogen-bond acceptors (Lipinski definition) is 5. The molecule has 0 aliphatic heterocycles. The van der Waals surface area contributed by atoms with Crippen LogP contribution in [0.5, 0.6) is 23.1 Å². The maximum atomic E-state index is 13.8. The number of ketones is 1. The van der Waals surface area contributed by atoms with Crippen molar-refractivity contribution in [3.63, 3.8) is 0 Å². The smallest absolute Gasteiger partial charge is 0.219 e. The lowest BCUT2D eigenvalue weighted by Gasteiger charge is -2.10. The van der Waals surface area contributed by atoms with Crippen molar-refractivity contribution in [1.82, 2.24) is 4.98 Å². The van der Waals surface area contributed by atoms with Crippen LogP contribution >= 0.6 is 11.6 Å². The Morgan fingerprint density at radius 3 is 2.14 bits per heavy atom. The van der Waals surface area contributed by atoms with Crippen molar-refractivity contribution >= 4 is 17.4 Å². The fourth-order valence-corrected chi connectivity index (χ4v) is 2.64. The summed E-state index contributed by atoms with van der Waals surface area (Å²) < 4.78 is 43.1. The van der Waals surface area contributed by atoms with Gasteiger partial charge in [-0.05, 0) is 36.4 Å².